The second-order valence-corrected chi connectivity index (χ2v) is 6.62. The third kappa shape index (κ3) is 2.69. The number of piperazine rings is 1. The molecule has 18 heavy (non-hydrogen) atoms. The molecule has 1 aliphatic heterocycles. The lowest BCUT2D eigenvalue weighted by Gasteiger charge is -2.31. The number of carbonyl (C=O) groups is 1. The number of nitrogens with zero attached hydrogens (tertiary/aromatic N) is 1. The first-order valence-corrected chi connectivity index (χ1v) is 7.56. The summed E-state index contributed by atoms with van der Waals surface area (Å²) in [6.07, 6.45) is 6.27. The molecule has 3 fully saturated rings. The van der Waals surface area contributed by atoms with Gasteiger partial charge in [-0.3, -0.25) is 10.2 Å². The molecule has 4 nitrogen and oxygen atoms in total. The maximum absolute atomic E-state index is 12.1. The summed E-state index contributed by atoms with van der Waals surface area (Å²) < 4.78 is 0. The zero-order valence-corrected chi connectivity index (χ0v) is 11.5. The van der Waals surface area contributed by atoms with Gasteiger partial charge in [0.2, 0.25) is 5.91 Å². The van der Waals surface area contributed by atoms with Crippen molar-refractivity contribution >= 4 is 5.91 Å². The van der Waals surface area contributed by atoms with E-state index in [2.05, 4.69) is 17.5 Å². The molecule has 0 spiro atoms. The lowest BCUT2D eigenvalue weighted by Crippen LogP contribution is -3.12. The minimum Gasteiger partial charge on any atom is -0.335 e. The number of hydrogen-bond donors (Lipinski definition) is 2. The molecule has 4 heteroatoms. The molecule has 3 atom stereocenters. The molecule has 2 N–H and O–H groups in total. The second kappa shape index (κ2) is 5.17. The average Bonchev–Trinajstić information content (AvgIpc) is 2.94. The van der Waals surface area contributed by atoms with Gasteiger partial charge in [-0.15, -0.1) is 0 Å². The first-order valence-electron chi connectivity index (χ1n) is 7.56. The lowest BCUT2D eigenvalue weighted by atomic mass is 9.86. The molecule has 0 aromatic carbocycles. The first kappa shape index (κ1) is 12.4. The maximum atomic E-state index is 12.1. The third-order valence-corrected chi connectivity index (χ3v) is 5.23. The Morgan fingerprint density at radius 1 is 1.28 bits per heavy atom. The molecule has 3 aliphatic rings. The first-order chi connectivity index (χ1) is 8.70. The Labute approximate surface area is 110 Å². The quantitative estimate of drug-likeness (QED) is 0.722. The summed E-state index contributed by atoms with van der Waals surface area (Å²) in [5, 5.41) is 2.11. The van der Waals surface area contributed by atoms with E-state index in [1.807, 2.05) is 0 Å². The topological polar surface area (TPSA) is 36.8 Å². The van der Waals surface area contributed by atoms with Crippen molar-refractivity contribution in [3.8, 4) is 0 Å². The molecule has 0 aromatic heterocycles. The standard InChI is InChI=1S/C14H25N3O/c1-16-4-6-17(7-5-16)15-14(18)10-13-9-11-2-3-12(13)8-11/h11-13H,2-10H2,1H3,(H,15,18)/p+1/t11-,12+,13-/m1/s1. The van der Waals surface area contributed by atoms with Gasteiger partial charge in [0.05, 0.1) is 33.2 Å². The SMILES string of the molecule is C[NH+]1CCN(NC(=O)C[C@H]2C[C@@H]3CC[C@H]2C3)CC1. The number of likely N-dealkylation sites (N-methyl/N-ethyl adjacent to an activating group) is 1. The molecular formula is C14H26N3O+. The van der Waals surface area contributed by atoms with Crippen LogP contribution in [-0.4, -0.2) is 44.1 Å². The summed E-state index contributed by atoms with van der Waals surface area (Å²) in [5.74, 6) is 2.74. The fourth-order valence-electron chi connectivity index (χ4n) is 4.09. The summed E-state index contributed by atoms with van der Waals surface area (Å²) in [5.41, 5.74) is 3.11. The Morgan fingerprint density at radius 2 is 2.06 bits per heavy atom. The molecular weight excluding hydrogens is 226 g/mol. The summed E-state index contributed by atoms with van der Waals surface area (Å²) >= 11 is 0. The maximum Gasteiger partial charge on any atom is 0.234 e. The number of quaternary nitrogens is 1. The van der Waals surface area contributed by atoms with Crippen LogP contribution in [0.5, 0.6) is 0 Å². The van der Waals surface area contributed by atoms with Crippen LogP contribution in [0, 0.1) is 17.8 Å². The van der Waals surface area contributed by atoms with E-state index in [1.54, 1.807) is 4.90 Å². The van der Waals surface area contributed by atoms with Gasteiger partial charge in [-0.2, -0.15) is 0 Å². The van der Waals surface area contributed by atoms with Crippen LogP contribution in [0.3, 0.4) is 0 Å². The molecule has 3 rings (SSSR count). The molecule has 2 bridgehead atoms. The average molecular weight is 252 g/mol. The molecule has 1 saturated heterocycles. The summed E-state index contributed by atoms with van der Waals surface area (Å²) in [4.78, 5) is 13.6. The fourth-order valence-corrected chi connectivity index (χ4v) is 4.09. The summed E-state index contributed by atoms with van der Waals surface area (Å²) in [6, 6.07) is 0. The van der Waals surface area contributed by atoms with Crippen molar-refractivity contribution in [3.05, 3.63) is 0 Å². The van der Waals surface area contributed by atoms with Gasteiger partial charge in [0.15, 0.2) is 0 Å². The van der Waals surface area contributed by atoms with Gasteiger partial charge in [-0.25, -0.2) is 5.01 Å². The molecule has 0 unspecified atom stereocenters. The highest BCUT2D eigenvalue weighted by molar-refractivity contribution is 5.75. The predicted octanol–water partition coefficient (Wildman–Crippen LogP) is -0.326. The smallest absolute Gasteiger partial charge is 0.234 e. The van der Waals surface area contributed by atoms with Crippen LogP contribution >= 0.6 is 0 Å². The van der Waals surface area contributed by atoms with Crippen LogP contribution < -0.4 is 10.3 Å². The molecule has 1 amide bonds. The Bertz CT molecular complexity index is 312. The highest BCUT2D eigenvalue weighted by Gasteiger charge is 2.40. The van der Waals surface area contributed by atoms with Crippen molar-refractivity contribution in [3.63, 3.8) is 0 Å². The van der Waals surface area contributed by atoms with Crippen LogP contribution in [-0.2, 0) is 4.79 Å². The van der Waals surface area contributed by atoms with Gasteiger partial charge in [-0.05, 0) is 37.0 Å². The van der Waals surface area contributed by atoms with Crippen LogP contribution in [0.25, 0.3) is 0 Å². The van der Waals surface area contributed by atoms with Crippen LogP contribution in [0.15, 0.2) is 0 Å². The van der Waals surface area contributed by atoms with Crippen LogP contribution in [0.4, 0.5) is 0 Å². The molecule has 102 valence electrons. The number of hydrogen-bond acceptors (Lipinski definition) is 2. The number of nitrogens with one attached hydrogen (secondary N) is 2. The molecule has 0 radical (unpaired) electrons. The number of hydrazine groups is 1. The van der Waals surface area contributed by atoms with Crippen molar-refractivity contribution in [1.82, 2.24) is 10.4 Å². The van der Waals surface area contributed by atoms with Gasteiger partial charge in [0.1, 0.15) is 0 Å². The van der Waals surface area contributed by atoms with E-state index in [4.69, 9.17) is 0 Å². The Morgan fingerprint density at radius 3 is 2.67 bits per heavy atom. The highest BCUT2D eigenvalue weighted by Crippen LogP contribution is 2.49. The van der Waals surface area contributed by atoms with Gasteiger partial charge < -0.3 is 4.90 Å². The van der Waals surface area contributed by atoms with Crippen molar-refractivity contribution in [2.45, 2.75) is 32.1 Å². The van der Waals surface area contributed by atoms with E-state index in [1.165, 1.54) is 25.7 Å². The monoisotopic (exact) mass is 252 g/mol. The van der Waals surface area contributed by atoms with Crippen LogP contribution in [0.1, 0.15) is 32.1 Å². The number of fused-ring (bicyclic) bond motifs is 2. The Kier molecular flexibility index (Phi) is 3.57. The zero-order valence-electron chi connectivity index (χ0n) is 11.5. The summed E-state index contributed by atoms with van der Waals surface area (Å²) in [7, 11) is 2.22. The van der Waals surface area contributed by atoms with E-state index in [0.29, 0.717) is 5.92 Å². The zero-order chi connectivity index (χ0) is 12.5. The van der Waals surface area contributed by atoms with Crippen LogP contribution in [0.2, 0.25) is 0 Å². The van der Waals surface area contributed by atoms with Gasteiger partial charge >= 0.3 is 0 Å². The number of amides is 1. The van der Waals surface area contributed by atoms with E-state index in [9.17, 15) is 4.79 Å². The highest BCUT2D eigenvalue weighted by atomic mass is 16.2. The number of carbonyl (C=O) groups excluding carboxylic acids is 1. The van der Waals surface area contributed by atoms with Gasteiger partial charge in [0, 0.05) is 6.42 Å². The Hall–Kier alpha value is -0.610. The van der Waals surface area contributed by atoms with Crippen molar-refractivity contribution < 1.29 is 9.69 Å². The van der Waals surface area contributed by atoms with Gasteiger partial charge in [0.25, 0.3) is 0 Å². The van der Waals surface area contributed by atoms with E-state index < -0.39 is 0 Å². The second-order valence-electron chi connectivity index (χ2n) is 6.62. The van der Waals surface area contributed by atoms with E-state index >= 15 is 0 Å². The predicted molar refractivity (Wildman–Crippen MR) is 69.9 cm³/mol. The van der Waals surface area contributed by atoms with Gasteiger partial charge in [-0.1, -0.05) is 6.42 Å². The largest absolute Gasteiger partial charge is 0.335 e. The van der Waals surface area contributed by atoms with E-state index in [-0.39, 0.29) is 5.91 Å². The summed E-state index contributed by atoms with van der Waals surface area (Å²) in [6.45, 7) is 4.26. The van der Waals surface area contributed by atoms with Crippen molar-refractivity contribution in [2.24, 2.45) is 17.8 Å². The van der Waals surface area contributed by atoms with Crippen molar-refractivity contribution in [1.29, 1.82) is 0 Å². The molecule has 1 heterocycles. The fraction of sp³-hybridized carbons (Fsp3) is 0.929. The normalized spacial score (nSPS) is 37.1. The minimum atomic E-state index is 0.257. The van der Waals surface area contributed by atoms with Crippen molar-refractivity contribution in [2.75, 3.05) is 33.2 Å². The number of rotatable bonds is 3. The third-order valence-electron chi connectivity index (χ3n) is 5.23. The molecule has 0 aromatic rings. The molecule has 2 aliphatic carbocycles. The molecule has 2 saturated carbocycles. The van der Waals surface area contributed by atoms with E-state index in [0.717, 1.165) is 44.4 Å². The lowest BCUT2D eigenvalue weighted by molar-refractivity contribution is -0.884. The Balaban J connectivity index is 1.42. The minimum absolute atomic E-state index is 0.257.